The molecule has 1 aromatic carbocycles. The van der Waals surface area contributed by atoms with E-state index in [4.69, 9.17) is 28.4 Å². The average molecular weight is 559 g/mol. The van der Waals surface area contributed by atoms with Crippen LogP contribution in [0, 0.1) is 0 Å². The van der Waals surface area contributed by atoms with Crippen LogP contribution < -0.4 is 0 Å². The number of carbonyl (C=O) groups excluding carboxylic acids is 5. The van der Waals surface area contributed by atoms with Gasteiger partial charge >= 0.3 is 17.9 Å². The first-order valence-electron chi connectivity index (χ1n) is 12.9. The summed E-state index contributed by atoms with van der Waals surface area (Å²) in [5.74, 6) is -3.03. The van der Waals surface area contributed by atoms with E-state index in [1.165, 1.54) is 19.9 Å². The maximum absolute atomic E-state index is 13.8. The predicted molar refractivity (Wildman–Crippen MR) is 139 cm³/mol. The SMILES string of the molecule is C=CC[C@@H]1C=CC(=O)[C@@H]([C@@H](OC(C)=O)[C@@H]2OC(CC(COC(C)=O)OC(C)=O)C(OCc3ccccc3)C2=O)O1. The fourth-order valence-corrected chi connectivity index (χ4v) is 4.50. The molecule has 2 heterocycles. The molecule has 2 aliphatic rings. The number of hydrogen-bond acceptors (Lipinski definition) is 11. The smallest absolute Gasteiger partial charge is 0.303 e. The normalized spacial score (nSPS) is 25.6. The molecule has 1 aromatic rings. The summed E-state index contributed by atoms with van der Waals surface area (Å²) in [7, 11) is 0. The van der Waals surface area contributed by atoms with Gasteiger partial charge in [-0.1, -0.05) is 42.5 Å². The minimum atomic E-state index is -1.42. The van der Waals surface area contributed by atoms with Crippen LogP contribution in [0.3, 0.4) is 0 Å². The lowest BCUT2D eigenvalue weighted by atomic mass is 9.96. The van der Waals surface area contributed by atoms with Crippen molar-refractivity contribution in [3.05, 3.63) is 60.7 Å². The van der Waals surface area contributed by atoms with Crippen molar-refractivity contribution < 1.29 is 52.4 Å². The minimum absolute atomic E-state index is 0.0489. The van der Waals surface area contributed by atoms with E-state index in [1.807, 2.05) is 30.3 Å². The number of benzene rings is 1. The van der Waals surface area contributed by atoms with E-state index in [0.717, 1.165) is 12.5 Å². The average Bonchev–Trinajstić information content (AvgIpc) is 3.20. The van der Waals surface area contributed by atoms with Crippen LogP contribution in [0.15, 0.2) is 55.1 Å². The Hall–Kier alpha value is -3.67. The lowest BCUT2D eigenvalue weighted by Gasteiger charge is -2.32. The Morgan fingerprint density at radius 2 is 1.68 bits per heavy atom. The number of Topliss-reactive ketones (excluding diaryl/α,β-unsaturated/α-hetero) is 1. The maximum atomic E-state index is 13.8. The van der Waals surface area contributed by atoms with Crippen LogP contribution in [-0.4, -0.2) is 78.8 Å². The molecule has 7 atom stereocenters. The lowest BCUT2D eigenvalue weighted by Crippen LogP contribution is -2.51. The van der Waals surface area contributed by atoms with Crippen LogP contribution in [0.4, 0.5) is 0 Å². The van der Waals surface area contributed by atoms with Gasteiger partial charge < -0.3 is 28.4 Å². The molecule has 2 aliphatic heterocycles. The van der Waals surface area contributed by atoms with E-state index in [1.54, 1.807) is 12.2 Å². The van der Waals surface area contributed by atoms with Crippen LogP contribution >= 0.6 is 0 Å². The highest BCUT2D eigenvalue weighted by Crippen LogP contribution is 2.32. The summed E-state index contributed by atoms with van der Waals surface area (Å²) >= 11 is 0. The Morgan fingerprint density at radius 1 is 0.975 bits per heavy atom. The van der Waals surface area contributed by atoms with Gasteiger partial charge in [0, 0.05) is 27.2 Å². The Labute approximate surface area is 232 Å². The van der Waals surface area contributed by atoms with Gasteiger partial charge in [0.05, 0.1) is 18.8 Å². The number of ketones is 2. The zero-order chi connectivity index (χ0) is 29.2. The monoisotopic (exact) mass is 558 g/mol. The van der Waals surface area contributed by atoms with Gasteiger partial charge in [-0.15, -0.1) is 6.58 Å². The maximum Gasteiger partial charge on any atom is 0.303 e. The Kier molecular flexibility index (Phi) is 11.3. The van der Waals surface area contributed by atoms with Gasteiger partial charge in [-0.3, -0.25) is 24.0 Å². The van der Waals surface area contributed by atoms with Gasteiger partial charge in [0.15, 0.2) is 29.9 Å². The van der Waals surface area contributed by atoms with Gasteiger partial charge in [0.1, 0.15) is 18.8 Å². The molecule has 0 aliphatic carbocycles. The summed E-state index contributed by atoms with van der Waals surface area (Å²) in [5, 5.41) is 0. The van der Waals surface area contributed by atoms with Crippen molar-refractivity contribution in [2.24, 2.45) is 0 Å². The molecule has 1 saturated heterocycles. The van der Waals surface area contributed by atoms with Crippen LogP contribution in [0.1, 0.15) is 39.2 Å². The highest BCUT2D eigenvalue weighted by molar-refractivity contribution is 5.97. The van der Waals surface area contributed by atoms with Crippen molar-refractivity contribution in [3.63, 3.8) is 0 Å². The molecule has 216 valence electrons. The van der Waals surface area contributed by atoms with E-state index in [2.05, 4.69) is 6.58 Å². The fraction of sp³-hybridized carbons (Fsp3) is 0.483. The zero-order valence-electron chi connectivity index (χ0n) is 22.7. The second kappa shape index (κ2) is 14.6. The molecular weight excluding hydrogens is 524 g/mol. The molecular formula is C29H34O11. The number of esters is 3. The van der Waals surface area contributed by atoms with E-state index < -0.39 is 72.2 Å². The Balaban J connectivity index is 1.90. The first-order chi connectivity index (χ1) is 19.1. The fourth-order valence-electron chi connectivity index (χ4n) is 4.50. The topological polar surface area (TPSA) is 141 Å². The van der Waals surface area contributed by atoms with Gasteiger partial charge in [0.2, 0.25) is 0 Å². The van der Waals surface area contributed by atoms with Gasteiger partial charge in [-0.25, -0.2) is 0 Å². The Bertz CT molecular complexity index is 1110. The van der Waals surface area contributed by atoms with E-state index in [0.29, 0.717) is 6.42 Å². The largest absolute Gasteiger partial charge is 0.462 e. The predicted octanol–water partition coefficient (Wildman–Crippen LogP) is 2.19. The van der Waals surface area contributed by atoms with Crippen molar-refractivity contribution in [1.29, 1.82) is 0 Å². The van der Waals surface area contributed by atoms with Crippen LogP contribution in [-0.2, 0) is 59.0 Å². The molecule has 11 nitrogen and oxygen atoms in total. The molecule has 1 fully saturated rings. The Morgan fingerprint density at radius 3 is 2.30 bits per heavy atom. The van der Waals surface area contributed by atoms with Crippen LogP contribution in [0.25, 0.3) is 0 Å². The number of hydrogen-bond donors (Lipinski definition) is 0. The van der Waals surface area contributed by atoms with Crippen molar-refractivity contribution >= 4 is 29.5 Å². The summed E-state index contributed by atoms with van der Waals surface area (Å²) < 4.78 is 33.7. The van der Waals surface area contributed by atoms with E-state index in [9.17, 15) is 24.0 Å². The van der Waals surface area contributed by atoms with Crippen LogP contribution in [0.2, 0.25) is 0 Å². The molecule has 40 heavy (non-hydrogen) atoms. The van der Waals surface area contributed by atoms with E-state index in [-0.39, 0.29) is 19.6 Å². The first kappa shape index (κ1) is 30.9. The molecule has 3 unspecified atom stereocenters. The second-order valence-corrected chi connectivity index (χ2v) is 9.44. The van der Waals surface area contributed by atoms with Gasteiger partial charge in [-0.05, 0) is 18.1 Å². The van der Waals surface area contributed by atoms with Crippen LogP contribution in [0.5, 0.6) is 0 Å². The molecule has 0 amide bonds. The molecule has 3 rings (SSSR count). The molecule has 0 spiro atoms. The lowest BCUT2D eigenvalue weighted by molar-refractivity contribution is -0.179. The molecule has 0 bridgehead atoms. The molecule has 0 aromatic heterocycles. The highest BCUT2D eigenvalue weighted by atomic mass is 16.6. The van der Waals surface area contributed by atoms with Crippen molar-refractivity contribution in [1.82, 2.24) is 0 Å². The summed E-state index contributed by atoms with van der Waals surface area (Å²) in [5.41, 5.74) is 0.786. The zero-order valence-corrected chi connectivity index (χ0v) is 22.7. The number of rotatable bonds is 13. The minimum Gasteiger partial charge on any atom is -0.462 e. The summed E-state index contributed by atoms with van der Waals surface area (Å²) in [6.07, 6.45) is -3.02. The van der Waals surface area contributed by atoms with Crippen molar-refractivity contribution in [2.75, 3.05) is 6.61 Å². The summed E-state index contributed by atoms with van der Waals surface area (Å²) in [6, 6.07) is 9.11. The second-order valence-electron chi connectivity index (χ2n) is 9.44. The summed E-state index contributed by atoms with van der Waals surface area (Å²) in [4.78, 5) is 61.8. The van der Waals surface area contributed by atoms with Gasteiger partial charge in [0.25, 0.3) is 0 Å². The standard InChI is InChI=1S/C29H34O11/c1-5-9-21-12-13-23(33)26(39-21)29(38-19(4)32)28-25(34)27(36-15-20-10-7-6-8-11-20)24(40-28)14-22(37-18(3)31)16-35-17(2)30/h5-8,10-13,21-22,24,26-29H,1,9,14-16H2,2-4H3/t21-,22?,24?,26+,27?,28-,29-/m1/s1. The molecule has 11 heteroatoms. The summed E-state index contributed by atoms with van der Waals surface area (Å²) in [6.45, 7) is 7.00. The highest BCUT2D eigenvalue weighted by Gasteiger charge is 2.53. The third kappa shape index (κ3) is 8.67. The van der Waals surface area contributed by atoms with E-state index >= 15 is 0 Å². The molecule has 0 N–H and O–H groups in total. The van der Waals surface area contributed by atoms with Crippen molar-refractivity contribution in [2.45, 2.75) is 82.9 Å². The van der Waals surface area contributed by atoms with Crippen molar-refractivity contribution in [3.8, 4) is 0 Å². The molecule has 0 saturated carbocycles. The third-order valence-electron chi connectivity index (χ3n) is 6.17. The first-order valence-corrected chi connectivity index (χ1v) is 12.9. The quantitative estimate of drug-likeness (QED) is 0.200. The molecule has 0 radical (unpaired) electrons. The number of ether oxygens (including phenoxy) is 6. The third-order valence-corrected chi connectivity index (χ3v) is 6.17. The number of carbonyl (C=O) groups is 5. The van der Waals surface area contributed by atoms with Gasteiger partial charge in [-0.2, -0.15) is 0 Å².